The molecule has 0 aliphatic heterocycles. The fourth-order valence-corrected chi connectivity index (χ4v) is 6.27. The van der Waals surface area contributed by atoms with Crippen molar-refractivity contribution in [2.24, 2.45) is 0 Å². The van der Waals surface area contributed by atoms with Crippen LogP contribution in [0.4, 0.5) is 0 Å². The fraction of sp³-hybridized carbons (Fsp3) is 0.654. The summed E-state index contributed by atoms with van der Waals surface area (Å²) in [6.07, 6.45) is 9.76. The molecule has 0 spiro atoms. The predicted octanol–water partition coefficient (Wildman–Crippen LogP) is 6.04. The summed E-state index contributed by atoms with van der Waals surface area (Å²) in [5, 5.41) is 0. The molecule has 0 heterocycles. The highest BCUT2D eigenvalue weighted by atomic mass is 28.4. The van der Waals surface area contributed by atoms with Gasteiger partial charge in [0.1, 0.15) is 0 Å². The standard InChI is InChI=1S/C26H44O7Si/c1-6-29-25-22-23(17-19-26(27)28-5)16-18-24(25)30-20-14-12-10-11-13-15-21-34(31-7-2,32-8-3)33-9-4/h16-19,22H,6-15,20-21H2,1-5H3/b19-17+. The number of carbonyl (C=O) groups excluding carboxylic acids is 1. The van der Waals surface area contributed by atoms with E-state index in [-0.39, 0.29) is 0 Å². The van der Waals surface area contributed by atoms with Crippen molar-refractivity contribution in [3.05, 3.63) is 29.8 Å². The van der Waals surface area contributed by atoms with E-state index < -0.39 is 14.8 Å². The highest BCUT2D eigenvalue weighted by Gasteiger charge is 2.39. The molecule has 8 heteroatoms. The van der Waals surface area contributed by atoms with Crippen molar-refractivity contribution in [2.75, 3.05) is 40.1 Å². The number of carbonyl (C=O) groups is 1. The van der Waals surface area contributed by atoms with Crippen LogP contribution in [-0.2, 0) is 22.8 Å². The highest BCUT2D eigenvalue weighted by molar-refractivity contribution is 6.60. The van der Waals surface area contributed by atoms with Crippen LogP contribution in [0.1, 0.15) is 71.8 Å². The number of rotatable bonds is 20. The Hall–Kier alpha value is -1.87. The van der Waals surface area contributed by atoms with E-state index in [2.05, 4.69) is 4.74 Å². The zero-order chi connectivity index (χ0) is 25.1. The molecule has 0 fully saturated rings. The second kappa shape index (κ2) is 18.5. The number of benzene rings is 1. The van der Waals surface area contributed by atoms with Crippen LogP contribution in [0.3, 0.4) is 0 Å². The van der Waals surface area contributed by atoms with Crippen LogP contribution in [0, 0.1) is 0 Å². The molecule has 1 rings (SSSR count). The smallest absolute Gasteiger partial charge is 0.490 e. The molecule has 0 saturated carbocycles. The summed E-state index contributed by atoms with van der Waals surface area (Å²) in [5.41, 5.74) is 0.853. The van der Waals surface area contributed by atoms with Crippen LogP contribution >= 0.6 is 0 Å². The molecule has 0 radical (unpaired) electrons. The minimum Gasteiger partial charge on any atom is -0.490 e. The number of esters is 1. The van der Waals surface area contributed by atoms with Crippen molar-refractivity contribution in [1.29, 1.82) is 0 Å². The molecule has 7 nitrogen and oxygen atoms in total. The fourth-order valence-electron chi connectivity index (χ4n) is 3.58. The average Bonchev–Trinajstić information content (AvgIpc) is 2.83. The van der Waals surface area contributed by atoms with Crippen molar-refractivity contribution >= 4 is 20.8 Å². The zero-order valence-corrected chi connectivity index (χ0v) is 22.7. The number of hydrogen-bond acceptors (Lipinski definition) is 7. The lowest BCUT2D eigenvalue weighted by Crippen LogP contribution is -2.45. The monoisotopic (exact) mass is 496 g/mol. The van der Waals surface area contributed by atoms with Crippen LogP contribution in [0.5, 0.6) is 11.5 Å². The summed E-state index contributed by atoms with van der Waals surface area (Å²) in [7, 11) is -1.15. The molecule has 0 saturated heterocycles. The Morgan fingerprint density at radius 1 is 0.794 bits per heavy atom. The number of ether oxygens (including phenoxy) is 3. The Balaban J connectivity index is 2.34. The molecule has 34 heavy (non-hydrogen) atoms. The maximum absolute atomic E-state index is 11.3. The van der Waals surface area contributed by atoms with Gasteiger partial charge in [-0.3, -0.25) is 0 Å². The normalized spacial score (nSPS) is 11.7. The van der Waals surface area contributed by atoms with E-state index in [4.69, 9.17) is 22.8 Å². The maximum Gasteiger partial charge on any atom is 0.500 e. The molecule has 0 amide bonds. The molecule has 0 atom stereocenters. The Labute approximate surface area is 207 Å². The van der Waals surface area contributed by atoms with Gasteiger partial charge in [0.2, 0.25) is 0 Å². The molecule has 0 unspecified atom stereocenters. The largest absolute Gasteiger partial charge is 0.500 e. The van der Waals surface area contributed by atoms with Gasteiger partial charge >= 0.3 is 14.8 Å². The first kappa shape index (κ1) is 30.2. The van der Waals surface area contributed by atoms with E-state index in [9.17, 15) is 4.79 Å². The third-order valence-corrected chi connectivity index (χ3v) is 8.26. The van der Waals surface area contributed by atoms with Crippen molar-refractivity contribution in [2.45, 2.75) is 72.3 Å². The quantitative estimate of drug-likeness (QED) is 0.0943. The van der Waals surface area contributed by atoms with Gasteiger partial charge in [-0.2, -0.15) is 0 Å². The van der Waals surface area contributed by atoms with E-state index in [1.807, 2.05) is 45.9 Å². The lowest BCUT2D eigenvalue weighted by atomic mass is 10.1. The summed E-state index contributed by atoms with van der Waals surface area (Å²) in [4.78, 5) is 11.3. The Morgan fingerprint density at radius 3 is 2.00 bits per heavy atom. The van der Waals surface area contributed by atoms with Crippen molar-refractivity contribution in [1.82, 2.24) is 0 Å². The molecule has 0 aromatic heterocycles. The van der Waals surface area contributed by atoms with E-state index in [1.165, 1.54) is 26.0 Å². The lowest BCUT2D eigenvalue weighted by Gasteiger charge is -2.28. The SMILES string of the molecule is CCOc1cc(/C=C/C(=O)OC)ccc1OCCCCCCCC[Si](OCC)(OCC)OCC. The average molecular weight is 497 g/mol. The molecule has 1 aromatic carbocycles. The Kier molecular flexibility index (Phi) is 16.4. The van der Waals surface area contributed by atoms with Gasteiger partial charge in [-0.15, -0.1) is 0 Å². The van der Waals surface area contributed by atoms with Gasteiger partial charge in [-0.1, -0.05) is 31.7 Å². The van der Waals surface area contributed by atoms with Crippen LogP contribution in [-0.4, -0.2) is 54.9 Å². The van der Waals surface area contributed by atoms with Gasteiger partial charge in [0.05, 0.1) is 20.3 Å². The van der Waals surface area contributed by atoms with Gasteiger partial charge in [0.25, 0.3) is 0 Å². The molecular formula is C26H44O7Si. The third-order valence-electron chi connectivity index (χ3n) is 5.11. The van der Waals surface area contributed by atoms with Gasteiger partial charge in [-0.25, -0.2) is 4.79 Å². The summed E-state index contributed by atoms with van der Waals surface area (Å²) < 4.78 is 34.1. The minimum absolute atomic E-state index is 0.391. The maximum atomic E-state index is 11.3. The van der Waals surface area contributed by atoms with Crippen LogP contribution in [0.25, 0.3) is 6.08 Å². The van der Waals surface area contributed by atoms with Crippen LogP contribution in [0.15, 0.2) is 24.3 Å². The van der Waals surface area contributed by atoms with E-state index in [0.717, 1.165) is 43.0 Å². The molecule has 0 bridgehead atoms. The van der Waals surface area contributed by atoms with Gasteiger partial charge in [0, 0.05) is 31.9 Å². The van der Waals surface area contributed by atoms with Crippen LogP contribution in [0.2, 0.25) is 6.04 Å². The summed E-state index contributed by atoms with van der Waals surface area (Å²) in [6, 6.07) is 6.53. The second-order valence-corrected chi connectivity index (χ2v) is 10.4. The van der Waals surface area contributed by atoms with E-state index >= 15 is 0 Å². The summed E-state index contributed by atoms with van der Waals surface area (Å²) in [6.45, 7) is 11.0. The molecule has 194 valence electrons. The lowest BCUT2D eigenvalue weighted by molar-refractivity contribution is -0.134. The first-order valence-corrected chi connectivity index (χ1v) is 14.5. The number of methoxy groups -OCH3 is 1. The molecule has 0 N–H and O–H groups in total. The van der Waals surface area contributed by atoms with Crippen molar-refractivity contribution < 1.29 is 32.3 Å². The first-order chi connectivity index (χ1) is 16.5. The molecule has 1 aromatic rings. The van der Waals surface area contributed by atoms with Gasteiger partial charge in [0.15, 0.2) is 11.5 Å². The number of hydrogen-bond donors (Lipinski definition) is 0. The summed E-state index contributed by atoms with van der Waals surface area (Å²) >= 11 is 0. The Bertz CT molecular complexity index is 691. The zero-order valence-electron chi connectivity index (χ0n) is 21.7. The van der Waals surface area contributed by atoms with Gasteiger partial charge < -0.3 is 27.5 Å². The summed E-state index contributed by atoms with van der Waals surface area (Å²) in [5.74, 6) is 1.01. The molecular weight excluding hydrogens is 452 g/mol. The third kappa shape index (κ3) is 12.0. The number of unbranched alkanes of at least 4 members (excludes halogenated alkanes) is 5. The van der Waals surface area contributed by atoms with Crippen molar-refractivity contribution in [3.63, 3.8) is 0 Å². The van der Waals surface area contributed by atoms with Gasteiger partial charge in [-0.05, 0) is 64.3 Å². The first-order valence-electron chi connectivity index (χ1n) is 12.6. The highest BCUT2D eigenvalue weighted by Crippen LogP contribution is 2.29. The van der Waals surface area contributed by atoms with Crippen LogP contribution < -0.4 is 9.47 Å². The molecule has 0 aliphatic rings. The second-order valence-electron chi connectivity index (χ2n) is 7.70. The van der Waals surface area contributed by atoms with E-state index in [0.29, 0.717) is 38.8 Å². The van der Waals surface area contributed by atoms with Crippen molar-refractivity contribution in [3.8, 4) is 11.5 Å². The molecule has 0 aliphatic carbocycles. The Morgan fingerprint density at radius 2 is 1.41 bits per heavy atom. The predicted molar refractivity (Wildman–Crippen MR) is 137 cm³/mol. The topological polar surface area (TPSA) is 72.5 Å². The van der Waals surface area contributed by atoms with E-state index in [1.54, 1.807) is 6.08 Å². The minimum atomic E-state index is -2.50.